The Balaban J connectivity index is 0.000000150. The highest BCUT2D eigenvalue weighted by Crippen LogP contribution is 2.65. The highest BCUT2D eigenvalue weighted by atomic mass is 16.5. The number of aryl methyl sites for hydroxylation is 2. The number of allylic oxidation sites excluding steroid dienone is 2. The Bertz CT molecular complexity index is 1510. The maximum absolute atomic E-state index is 10.4. The van der Waals surface area contributed by atoms with Gasteiger partial charge in [0.25, 0.3) is 0 Å². The summed E-state index contributed by atoms with van der Waals surface area (Å²) in [5.74, 6) is 4.50. The lowest BCUT2D eigenvalue weighted by Gasteiger charge is -2.56. The Kier molecular flexibility index (Phi) is 8.48. The van der Waals surface area contributed by atoms with Gasteiger partial charge in [0, 0.05) is 10.8 Å². The highest BCUT2D eigenvalue weighted by molar-refractivity contribution is 5.47. The Morgan fingerprint density at radius 2 is 1.26 bits per heavy atom. The van der Waals surface area contributed by atoms with Crippen molar-refractivity contribution in [3.63, 3.8) is 0 Å². The number of aliphatic hydroxyl groups excluding tert-OH is 2. The van der Waals surface area contributed by atoms with Crippen molar-refractivity contribution in [2.75, 3.05) is 14.2 Å². The molecule has 4 heteroatoms. The first-order chi connectivity index (χ1) is 22.5. The molecule has 2 aromatic rings. The molecule has 10 atom stereocenters. The van der Waals surface area contributed by atoms with Crippen molar-refractivity contribution in [2.24, 2.45) is 34.5 Å². The minimum Gasteiger partial charge on any atom is -0.497 e. The number of ether oxygens (including phenoxy) is 2. The van der Waals surface area contributed by atoms with Crippen LogP contribution < -0.4 is 9.47 Å². The van der Waals surface area contributed by atoms with E-state index in [2.05, 4.69) is 75.6 Å². The summed E-state index contributed by atoms with van der Waals surface area (Å²) in [5, 5.41) is 20.6. The zero-order chi connectivity index (χ0) is 33.2. The molecule has 4 saturated carbocycles. The van der Waals surface area contributed by atoms with Gasteiger partial charge in [-0.25, -0.2) is 0 Å². The largest absolute Gasteiger partial charge is 0.497 e. The Morgan fingerprint density at radius 3 is 1.83 bits per heavy atom. The fourth-order valence-electron chi connectivity index (χ4n) is 12.7. The molecule has 0 aliphatic heterocycles. The molecule has 0 amide bonds. The van der Waals surface area contributed by atoms with E-state index < -0.39 is 0 Å². The molecule has 0 saturated heterocycles. The smallest absolute Gasteiger partial charge is 0.119 e. The van der Waals surface area contributed by atoms with E-state index in [1.54, 1.807) is 14.2 Å². The molecular weight excluding hydrogens is 580 g/mol. The zero-order valence-electron chi connectivity index (χ0n) is 29.4. The summed E-state index contributed by atoms with van der Waals surface area (Å²) in [7, 11) is 3.49. The molecule has 254 valence electrons. The number of fused-ring (bicyclic) bond motifs is 10. The van der Waals surface area contributed by atoms with E-state index >= 15 is 0 Å². The van der Waals surface area contributed by atoms with E-state index in [1.165, 1.54) is 60.8 Å². The SMILES string of the molecule is C=CC[C@]12CC[C@]3(C)C[C@H](O)C[C@H]3[C@@H]1CCc1cc(OC)ccc12.C=C[C@]12CC[C@]3(C)C[C@H](O)C[C@H]3[C@@H]1CCc1cc(OC)ccc12. The molecule has 2 aromatic carbocycles. The third-order valence-corrected chi connectivity index (χ3v) is 14.8. The predicted molar refractivity (Wildman–Crippen MR) is 190 cm³/mol. The van der Waals surface area contributed by atoms with Gasteiger partial charge in [-0.3, -0.25) is 0 Å². The van der Waals surface area contributed by atoms with Crippen molar-refractivity contribution in [1.29, 1.82) is 0 Å². The van der Waals surface area contributed by atoms with Crippen molar-refractivity contribution < 1.29 is 19.7 Å². The average Bonchev–Trinajstić information content (AvgIpc) is 3.57. The van der Waals surface area contributed by atoms with Crippen LogP contribution in [0.3, 0.4) is 0 Å². The Hall–Kier alpha value is -2.56. The molecule has 4 fully saturated rings. The Morgan fingerprint density at radius 1 is 0.723 bits per heavy atom. The first-order valence-corrected chi connectivity index (χ1v) is 18.5. The van der Waals surface area contributed by atoms with E-state index in [0.29, 0.717) is 34.5 Å². The van der Waals surface area contributed by atoms with Gasteiger partial charge in [0.1, 0.15) is 11.5 Å². The lowest BCUT2D eigenvalue weighted by atomic mass is 9.48. The summed E-state index contributed by atoms with van der Waals surface area (Å²) in [6.07, 6.45) is 18.7. The van der Waals surface area contributed by atoms with Crippen LogP contribution in [0.5, 0.6) is 11.5 Å². The van der Waals surface area contributed by atoms with Crippen LogP contribution >= 0.6 is 0 Å². The van der Waals surface area contributed by atoms with Crippen LogP contribution in [-0.4, -0.2) is 36.6 Å². The monoisotopic (exact) mass is 638 g/mol. The third-order valence-electron chi connectivity index (χ3n) is 14.8. The minimum absolute atomic E-state index is 0.0914. The van der Waals surface area contributed by atoms with E-state index in [4.69, 9.17) is 9.47 Å². The number of benzene rings is 2. The summed E-state index contributed by atoms with van der Waals surface area (Å²) < 4.78 is 10.9. The standard InChI is InChI=1S/C22H30O2.C21H28O2/c1-4-9-22-11-10-21(2)14-16(23)13-20(21)19(22)7-5-15-12-17(24-3)6-8-18(15)22;1-4-21-10-9-20(2)13-15(22)12-19(20)18(21)7-5-14-11-16(23-3)6-8-17(14)21/h4,6,8,12,16,19-20,23H,1,5,7,9-11,13-14H2,2-3H3;4,6,8,11,15,18-19,22H,1,5,7,9-10,12-13H2,2-3H3/t16-,19+,20+,21-,22-;15-,18+,19+,20-,21-/m11/s1. The molecule has 0 aromatic heterocycles. The van der Waals surface area contributed by atoms with Crippen LogP contribution in [0.2, 0.25) is 0 Å². The second-order valence-electron chi connectivity index (χ2n) is 16.9. The summed E-state index contributed by atoms with van der Waals surface area (Å²) in [6.45, 7) is 13.2. The van der Waals surface area contributed by atoms with Gasteiger partial charge in [-0.15, -0.1) is 13.2 Å². The van der Waals surface area contributed by atoms with E-state index in [9.17, 15) is 10.2 Å². The lowest BCUT2D eigenvalue weighted by molar-refractivity contribution is 0.00644. The van der Waals surface area contributed by atoms with Crippen LogP contribution in [0, 0.1) is 34.5 Å². The van der Waals surface area contributed by atoms with Gasteiger partial charge in [-0.05, 0) is 164 Å². The lowest BCUT2D eigenvalue weighted by Crippen LogP contribution is -2.50. The molecule has 0 bridgehead atoms. The quantitative estimate of drug-likeness (QED) is 0.321. The molecule has 0 heterocycles. The molecule has 4 nitrogen and oxygen atoms in total. The van der Waals surface area contributed by atoms with Gasteiger partial charge in [-0.2, -0.15) is 0 Å². The molecule has 0 spiro atoms. The van der Waals surface area contributed by atoms with Gasteiger partial charge in [-0.1, -0.05) is 38.1 Å². The van der Waals surface area contributed by atoms with Crippen molar-refractivity contribution in [3.05, 3.63) is 84.0 Å². The van der Waals surface area contributed by atoms with Crippen LogP contribution in [0.4, 0.5) is 0 Å². The van der Waals surface area contributed by atoms with E-state index in [1.807, 2.05) is 0 Å². The summed E-state index contributed by atoms with van der Waals surface area (Å²) in [4.78, 5) is 0. The number of hydrogen-bond donors (Lipinski definition) is 2. The molecule has 2 N–H and O–H groups in total. The van der Waals surface area contributed by atoms with Crippen LogP contribution in [0.15, 0.2) is 61.7 Å². The number of aliphatic hydroxyl groups is 2. The second kappa shape index (κ2) is 12.1. The Labute approximate surface area is 283 Å². The van der Waals surface area contributed by atoms with Gasteiger partial charge in [0.15, 0.2) is 0 Å². The molecule has 0 radical (unpaired) electrons. The molecule has 0 unspecified atom stereocenters. The summed E-state index contributed by atoms with van der Waals surface area (Å²) in [5.41, 5.74) is 6.86. The van der Waals surface area contributed by atoms with Crippen molar-refractivity contribution >= 4 is 0 Å². The van der Waals surface area contributed by atoms with Crippen LogP contribution in [0.1, 0.15) is 107 Å². The van der Waals surface area contributed by atoms with Crippen molar-refractivity contribution in [2.45, 2.75) is 120 Å². The molecular formula is C43H58O4. The number of methoxy groups -OCH3 is 2. The molecule has 6 aliphatic carbocycles. The zero-order valence-corrected chi connectivity index (χ0v) is 29.4. The number of hydrogen-bond acceptors (Lipinski definition) is 4. The van der Waals surface area contributed by atoms with E-state index in [0.717, 1.165) is 56.4 Å². The predicted octanol–water partition coefficient (Wildman–Crippen LogP) is 8.89. The fourth-order valence-corrected chi connectivity index (χ4v) is 12.7. The topological polar surface area (TPSA) is 58.9 Å². The van der Waals surface area contributed by atoms with Gasteiger partial charge in [0.2, 0.25) is 0 Å². The first-order valence-electron chi connectivity index (χ1n) is 18.5. The fraction of sp³-hybridized carbons (Fsp3) is 0.628. The number of rotatable bonds is 5. The second-order valence-corrected chi connectivity index (χ2v) is 16.9. The normalized spacial score (nSPS) is 41.0. The van der Waals surface area contributed by atoms with Crippen LogP contribution in [-0.2, 0) is 23.7 Å². The van der Waals surface area contributed by atoms with Gasteiger partial charge >= 0.3 is 0 Å². The summed E-state index contributed by atoms with van der Waals surface area (Å²) in [6, 6.07) is 13.3. The van der Waals surface area contributed by atoms with Crippen molar-refractivity contribution in [1.82, 2.24) is 0 Å². The van der Waals surface area contributed by atoms with E-state index in [-0.39, 0.29) is 23.0 Å². The van der Waals surface area contributed by atoms with Gasteiger partial charge in [0.05, 0.1) is 26.4 Å². The van der Waals surface area contributed by atoms with Crippen molar-refractivity contribution in [3.8, 4) is 11.5 Å². The maximum Gasteiger partial charge on any atom is 0.119 e. The first kappa shape index (κ1) is 33.0. The van der Waals surface area contributed by atoms with Gasteiger partial charge < -0.3 is 19.7 Å². The highest BCUT2D eigenvalue weighted by Gasteiger charge is 2.59. The maximum atomic E-state index is 10.4. The minimum atomic E-state index is -0.108. The molecule has 47 heavy (non-hydrogen) atoms. The van der Waals surface area contributed by atoms with Crippen LogP contribution in [0.25, 0.3) is 0 Å². The molecule has 6 aliphatic rings. The molecule has 8 rings (SSSR count). The average molecular weight is 639 g/mol. The third kappa shape index (κ3) is 5.14. The summed E-state index contributed by atoms with van der Waals surface area (Å²) >= 11 is 0.